The van der Waals surface area contributed by atoms with Gasteiger partial charge >= 0.3 is 5.97 Å². The van der Waals surface area contributed by atoms with Gasteiger partial charge in [0, 0.05) is 6.54 Å². The van der Waals surface area contributed by atoms with Crippen LogP contribution in [-0.4, -0.2) is 43.5 Å². The van der Waals surface area contributed by atoms with E-state index in [4.69, 9.17) is 0 Å². The number of amides is 1. The summed E-state index contributed by atoms with van der Waals surface area (Å²) in [5.74, 6) is -2.12. The fourth-order valence-corrected chi connectivity index (χ4v) is 5.77. The van der Waals surface area contributed by atoms with Crippen molar-refractivity contribution in [1.29, 1.82) is 0 Å². The molecule has 0 radical (unpaired) electrons. The minimum Gasteiger partial charge on any atom is -0.481 e. The third-order valence-corrected chi connectivity index (χ3v) is 6.78. The van der Waals surface area contributed by atoms with E-state index in [-0.39, 0.29) is 35.2 Å². The van der Waals surface area contributed by atoms with Crippen LogP contribution in [0, 0.1) is 29.6 Å². The molecule has 1 saturated carbocycles. The standard InChI is InChI=1S/C14H19NO5S/c16-13(15-6-8-3-4-21(19,20)7-8)11-9-1-2-10(5-9)12(11)14(17)18/h1-2,8-12H,3-7H2,(H,15,16)(H,17,18)/t8?,9?,10?,11-,12+/m0/s1. The summed E-state index contributed by atoms with van der Waals surface area (Å²) < 4.78 is 22.8. The zero-order valence-corrected chi connectivity index (χ0v) is 12.4. The molecule has 1 saturated heterocycles. The van der Waals surface area contributed by atoms with Crippen LogP contribution in [0.5, 0.6) is 0 Å². The van der Waals surface area contributed by atoms with Crippen LogP contribution in [0.3, 0.4) is 0 Å². The zero-order valence-electron chi connectivity index (χ0n) is 11.6. The molecule has 3 aliphatic rings. The topological polar surface area (TPSA) is 101 Å². The molecule has 2 fully saturated rings. The smallest absolute Gasteiger partial charge is 0.307 e. The lowest BCUT2D eigenvalue weighted by molar-refractivity contribution is -0.147. The van der Waals surface area contributed by atoms with E-state index in [1.807, 2.05) is 12.2 Å². The van der Waals surface area contributed by atoms with Gasteiger partial charge in [-0.15, -0.1) is 0 Å². The molecule has 3 unspecified atom stereocenters. The molecule has 2 N–H and O–H groups in total. The number of carbonyl (C=O) groups excluding carboxylic acids is 1. The number of hydrogen-bond donors (Lipinski definition) is 2. The number of carboxylic acid groups (broad SMARTS) is 1. The second kappa shape index (κ2) is 5.12. The largest absolute Gasteiger partial charge is 0.481 e. The molecular formula is C14H19NO5S. The third kappa shape index (κ3) is 2.71. The minimum absolute atomic E-state index is 0.00316. The summed E-state index contributed by atoms with van der Waals surface area (Å²) in [6, 6.07) is 0. The Labute approximate surface area is 123 Å². The average Bonchev–Trinajstić information content (AvgIpc) is 3.08. The van der Waals surface area contributed by atoms with Gasteiger partial charge < -0.3 is 10.4 Å². The number of fused-ring (bicyclic) bond motifs is 2. The lowest BCUT2D eigenvalue weighted by atomic mass is 9.82. The Balaban J connectivity index is 1.61. The van der Waals surface area contributed by atoms with Gasteiger partial charge in [0.05, 0.1) is 23.3 Å². The van der Waals surface area contributed by atoms with Crippen molar-refractivity contribution in [3.63, 3.8) is 0 Å². The predicted molar refractivity (Wildman–Crippen MR) is 75.1 cm³/mol. The number of aliphatic carboxylic acids is 1. The molecule has 6 nitrogen and oxygen atoms in total. The van der Waals surface area contributed by atoms with Crippen molar-refractivity contribution >= 4 is 21.7 Å². The van der Waals surface area contributed by atoms with Crippen molar-refractivity contribution in [2.75, 3.05) is 18.1 Å². The van der Waals surface area contributed by atoms with Crippen molar-refractivity contribution in [1.82, 2.24) is 5.32 Å². The first kappa shape index (κ1) is 14.6. The number of nitrogens with one attached hydrogen (secondary N) is 1. The first-order chi connectivity index (χ1) is 9.87. The average molecular weight is 313 g/mol. The van der Waals surface area contributed by atoms with E-state index in [1.54, 1.807) is 0 Å². The molecule has 0 spiro atoms. The maximum absolute atomic E-state index is 12.3. The molecule has 1 heterocycles. The molecule has 2 bridgehead atoms. The fraction of sp³-hybridized carbons (Fsp3) is 0.714. The second-order valence-electron chi connectivity index (χ2n) is 6.35. The van der Waals surface area contributed by atoms with Crippen molar-refractivity contribution in [3.05, 3.63) is 12.2 Å². The summed E-state index contributed by atoms with van der Waals surface area (Å²) in [6.45, 7) is 0.321. The number of rotatable bonds is 4. The van der Waals surface area contributed by atoms with Crippen LogP contribution in [-0.2, 0) is 19.4 Å². The summed E-state index contributed by atoms with van der Waals surface area (Å²) in [4.78, 5) is 23.7. The Hall–Kier alpha value is -1.37. The van der Waals surface area contributed by atoms with E-state index < -0.39 is 27.6 Å². The van der Waals surface area contributed by atoms with Crippen molar-refractivity contribution < 1.29 is 23.1 Å². The summed E-state index contributed by atoms with van der Waals surface area (Å²) in [5, 5.41) is 12.1. The highest BCUT2D eigenvalue weighted by molar-refractivity contribution is 7.91. The molecule has 1 aliphatic heterocycles. The van der Waals surface area contributed by atoms with Crippen LogP contribution < -0.4 is 5.32 Å². The van der Waals surface area contributed by atoms with Crippen molar-refractivity contribution in [2.24, 2.45) is 29.6 Å². The summed E-state index contributed by atoms with van der Waals surface area (Å²) >= 11 is 0. The quantitative estimate of drug-likeness (QED) is 0.715. The van der Waals surface area contributed by atoms with Crippen molar-refractivity contribution in [3.8, 4) is 0 Å². The highest BCUT2D eigenvalue weighted by Crippen LogP contribution is 2.48. The highest BCUT2D eigenvalue weighted by Gasteiger charge is 2.51. The monoisotopic (exact) mass is 313 g/mol. The van der Waals surface area contributed by atoms with Crippen LogP contribution >= 0.6 is 0 Å². The lowest BCUT2D eigenvalue weighted by Crippen LogP contribution is -2.41. The van der Waals surface area contributed by atoms with Crippen LogP contribution in [0.15, 0.2) is 12.2 Å². The van der Waals surface area contributed by atoms with E-state index in [1.165, 1.54) is 0 Å². The molecular weight excluding hydrogens is 294 g/mol. The van der Waals surface area contributed by atoms with Crippen LogP contribution in [0.4, 0.5) is 0 Å². The molecule has 5 atom stereocenters. The summed E-state index contributed by atoms with van der Waals surface area (Å²) in [7, 11) is -2.95. The summed E-state index contributed by atoms with van der Waals surface area (Å²) in [6.07, 6.45) is 5.14. The maximum atomic E-state index is 12.3. The molecule has 2 aliphatic carbocycles. The predicted octanol–water partition coefficient (Wildman–Crippen LogP) is 0.0602. The molecule has 0 aromatic carbocycles. The SMILES string of the molecule is O=C(O)[C@@H]1C2C=CC(C2)[C@@H]1C(=O)NCC1CCS(=O)(=O)C1. The first-order valence-electron chi connectivity index (χ1n) is 7.26. The van der Waals surface area contributed by atoms with Gasteiger partial charge in [0.2, 0.25) is 5.91 Å². The van der Waals surface area contributed by atoms with Crippen LogP contribution in [0.1, 0.15) is 12.8 Å². The highest BCUT2D eigenvalue weighted by atomic mass is 32.2. The van der Waals surface area contributed by atoms with Gasteiger partial charge in [-0.25, -0.2) is 8.42 Å². The van der Waals surface area contributed by atoms with E-state index in [9.17, 15) is 23.1 Å². The van der Waals surface area contributed by atoms with Gasteiger partial charge in [0.1, 0.15) is 0 Å². The van der Waals surface area contributed by atoms with Gasteiger partial charge in [-0.2, -0.15) is 0 Å². The van der Waals surface area contributed by atoms with Gasteiger partial charge in [-0.1, -0.05) is 12.2 Å². The Morgan fingerprint density at radius 1 is 1.19 bits per heavy atom. The fourth-order valence-electron chi connectivity index (χ4n) is 3.91. The van der Waals surface area contributed by atoms with Gasteiger partial charge in [-0.05, 0) is 30.6 Å². The molecule has 3 rings (SSSR count). The Bertz CT molecular complexity index is 596. The molecule has 21 heavy (non-hydrogen) atoms. The van der Waals surface area contributed by atoms with Gasteiger partial charge in [-0.3, -0.25) is 9.59 Å². The maximum Gasteiger partial charge on any atom is 0.307 e. The van der Waals surface area contributed by atoms with Crippen LogP contribution in [0.2, 0.25) is 0 Å². The van der Waals surface area contributed by atoms with Crippen molar-refractivity contribution in [2.45, 2.75) is 12.8 Å². The number of carbonyl (C=O) groups is 2. The number of sulfone groups is 1. The van der Waals surface area contributed by atoms with E-state index in [0.717, 1.165) is 6.42 Å². The lowest BCUT2D eigenvalue weighted by Gasteiger charge is -2.24. The number of allylic oxidation sites excluding steroid dienone is 2. The first-order valence-corrected chi connectivity index (χ1v) is 9.09. The molecule has 116 valence electrons. The third-order valence-electron chi connectivity index (χ3n) is 4.94. The van der Waals surface area contributed by atoms with Gasteiger partial charge in [0.25, 0.3) is 0 Å². The molecule has 7 heteroatoms. The van der Waals surface area contributed by atoms with E-state index in [0.29, 0.717) is 13.0 Å². The zero-order chi connectivity index (χ0) is 15.2. The number of carboxylic acids is 1. The normalized spacial score (nSPS) is 39.5. The minimum atomic E-state index is -2.95. The molecule has 0 aromatic heterocycles. The molecule has 0 aromatic rings. The van der Waals surface area contributed by atoms with Crippen LogP contribution in [0.25, 0.3) is 0 Å². The van der Waals surface area contributed by atoms with E-state index >= 15 is 0 Å². The Kier molecular flexibility index (Phi) is 3.55. The number of hydrogen-bond acceptors (Lipinski definition) is 4. The van der Waals surface area contributed by atoms with E-state index in [2.05, 4.69) is 5.32 Å². The Morgan fingerprint density at radius 2 is 1.86 bits per heavy atom. The van der Waals surface area contributed by atoms with Gasteiger partial charge in [0.15, 0.2) is 9.84 Å². The summed E-state index contributed by atoms with van der Waals surface area (Å²) in [5.41, 5.74) is 0. The second-order valence-corrected chi connectivity index (χ2v) is 8.58. The molecule has 1 amide bonds. The Morgan fingerprint density at radius 3 is 2.43 bits per heavy atom.